The van der Waals surface area contributed by atoms with E-state index in [2.05, 4.69) is 17.3 Å². The van der Waals surface area contributed by atoms with Crippen molar-refractivity contribution < 1.29 is 9.90 Å². The third-order valence-electron chi connectivity index (χ3n) is 3.61. The Labute approximate surface area is 124 Å². The first kappa shape index (κ1) is 15.2. The number of hydrogen-bond acceptors (Lipinski definition) is 4. The highest BCUT2D eigenvalue weighted by Gasteiger charge is 2.21. The van der Waals surface area contributed by atoms with Crippen molar-refractivity contribution in [1.82, 2.24) is 4.90 Å². The van der Waals surface area contributed by atoms with Gasteiger partial charge in [-0.25, -0.2) is 4.79 Å². The molecule has 4 nitrogen and oxygen atoms in total. The number of nitrogens with zero attached hydrogens (tertiary/aromatic N) is 1. The van der Waals surface area contributed by atoms with E-state index in [1.807, 2.05) is 25.1 Å². The smallest absolute Gasteiger partial charge is 0.338 e. The Morgan fingerprint density at radius 1 is 1.55 bits per heavy atom. The van der Waals surface area contributed by atoms with Crippen LogP contribution in [0.5, 0.6) is 0 Å². The normalized spacial score (nSPS) is 19.2. The molecule has 0 radical (unpaired) electrons. The molecule has 0 aromatic heterocycles. The van der Waals surface area contributed by atoms with Gasteiger partial charge in [0.05, 0.1) is 5.56 Å². The van der Waals surface area contributed by atoms with Crippen molar-refractivity contribution in [3.05, 3.63) is 23.8 Å². The molecule has 110 valence electrons. The zero-order valence-electron chi connectivity index (χ0n) is 12.1. The lowest BCUT2D eigenvalue weighted by Crippen LogP contribution is -2.20. The predicted octanol–water partition coefficient (Wildman–Crippen LogP) is 2.86. The number of nitrogens with one attached hydrogen (secondary N) is 1. The monoisotopic (exact) mass is 294 g/mol. The summed E-state index contributed by atoms with van der Waals surface area (Å²) in [7, 11) is 2.13. The summed E-state index contributed by atoms with van der Waals surface area (Å²) in [5.74, 6) is 0.619. The summed E-state index contributed by atoms with van der Waals surface area (Å²) >= 11 is 1.57. The Morgan fingerprint density at radius 2 is 2.35 bits per heavy atom. The maximum atomic E-state index is 11.5. The van der Waals surface area contributed by atoms with Crippen LogP contribution in [0.3, 0.4) is 0 Å². The fourth-order valence-corrected chi connectivity index (χ4v) is 3.45. The van der Waals surface area contributed by atoms with Crippen LogP contribution in [0.1, 0.15) is 23.7 Å². The number of carbonyl (C=O) groups is 1. The van der Waals surface area contributed by atoms with Gasteiger partial charge < -0.3 is 15.3 Å². The number of carboxylic acid groups (broad SMARTS) is 1. The van der Waals surface area contributed by atoms with E-state index in [1.54, 1.807) is 11.8 Å². The van der Waals surface area contributed by atoms with Crippen molar-refractivity contribution in [2.45, 2.75) is 18.2 Å². The minimum absolute atomic E-state index is 0.408. The van der Waals surface area contributed by atoms with Gasteiger partial charge in [0.1, 0.15) is 0 Å². The summed E-state index contributed by atoms with van der Waals surface area (Å²) in [6, 6.07) is 5.67. The summed E-state index contributed by atoms with van der Waals surface area (Å²) in [5.41, 5.74) is 1.15. The van der Waals surface area contributed by atoms with Crippen LogP contribution in [0.25, 0.3) is 0 Å². The van der Waals surface area contributed by atoms with E-state index in [0.717, 1.165) is 36.0 Å². The van der Waals surface area contributed by atoms with Gasteiger partial charge in [-0.15, -0.1) is 11.8 Å². The fourth-order valence-electron chi connectivity index (χ4n) is 2.62. The number of carboxylic acids is 1. The van der Waals surface area contributed by atoms with E-state index < -0.39 is 5.97 Å². The number of hydrogen-bond donors (Lipinski definition) is 2. The largest absolute Gasteiger partial charge is 0.478 e. The SMILES string of the molecule is CCSc1cccc(NCC2CCN(C)C2)c1C(=O)O. The third kappa shape index (κ3) is 3.67. The second-order valence-corrected chi connectivity index (χ2v) is 6.52. The van der Waals surface area contributed by atoms with Crippen molar-refractivity contribution >= 4 is 23.4 Å². The molecule has 20 heavy (non-hydrogen) atoms. The number of aromatic carboxylic acids is 1. The first-order valence-corrected chi connectivity index (χ1v) is 8.02. The highest BCUT2D eigenvalue weighted by atomic mass is 32.2. The molecule has 5 heteroatoms. The Kier molecular flexibility index (Phi) is 5.31. The molecule has 0 spiro atoms. The number of anilines is 1. The summed E-state index contributed by atoms with van der Waals surface area (Å²) < 4.78 is 0. The van der Waals surface area contributed by atoms with Crippen molar-refractivity contribution in [2.75, 3.05) is 37.8 Å². The Hall–Kier alpha value is -1.20. The van der Waals surface area contributed by atoms with Crippen LogP contribution in [0, 0.1) is 5.92 Å². The molecule has 1 fully saturated rings. The molecule has 1 heterocycles. The van der Waals surface area contributed by atoms with Crippen LogP contribution in [-0.4, -0.2) is 48.4 Å². The number of rotatable bonds is 6. The average Bonchev–Trinajstić information content (AvgIpc) is 2.82. The van der Waals surface area contributed by atoms with Crippen LogP contribution >= 0.6 is 11.8 Å². The highest BCUT2D eigenvalue weighted by Crippen LogP contribution is 2.29. The zero-order valence-corrected chi connectivity index (χ0v) is 12.9. The molecule has 0 amide bonds. The Morgan fingerprint density at radius 3 is 2.95 bits per heavy atom. The maximum absolute atomic E-state index is 11.5. The van der Waals surface area contributed by atoms with Crippen molar-refractivity contribution in [3.8, 4) is 0 Å². The molecule has 1 unspecified atom stereocenters. The van der Waals surface area contributed by atoms with Crippen molar-refractivity contribution in [1.29, 1.82) is 0 Å². The lowest BCUT2D eigenvalue weighted by molar-refractivity contribution is 0.0694. The van der Waals surface area contributed by atoms with E-state index in [1.165, 1.54) is 6.42 Å². The predicted molar refractivity (Wildman–Crippen MR) is 83.9 cm³/mol. The number of thioether (sulfide) groups is 1. The van der Waals surface area contributed by atoms with Crippen LogP contribution in [0.4, 0.5) is 5.69 Å². The molecular weight excluding hydrogens is 272 g/mol. The second-order valence-electron chi connectivity index (χ2n) is 5.21. The summed E-state index contributed by atoms with van der Waals surface area (Å²) in [6.45, 7) is 5.08. The van der Waals surface area contributed by atoms with Crippen molar-refractivity contribution in [2.24, 2.45) is 5.92 Å². The molecule has 1 aromatic rings. The molecule has 0 bridgehead atoms. The standard InChI is InChI=1S/C15H22N2O2S/c1-3-20-13-6-4-5-12(14(13)15(18)19)16-9-11-7-8-17(2)10-11/h4-6,11,16H,3,7-10H2,1-2H3,(H,18,19). The summed E-state index contributed by atoms with van der Waals surface area (Å²) in [4.78, 5) is 14.7. The van der Waals surface area contributed by atoms with Gasteiger partial charge in [0.25, 0.3) is 0 Å². The van der Waals surface area contributed by atoms with E-state index >= 15 is 0 Å². The van der Waals surface area contributed by atoms with E-state index in [-0.39, 0.29) is 0 Å². The molecule has 0 aliphatic carbocycles. The summed E-state index contributed by atoms with van der Waals surface area (Å²) in [5, 5.41) is 12.8. The van der Waals surface area contributed by atoms with Gasteiger partial charge >= 0.3 is 5.97 Å². The molecule has 1 aliphatic heterocycles. The number of benzene rings is 1. The number of likely N-dealkylation sites (tertiary alicyclic amines) is 1. The molecule has 1 atom stereocenters. The molecular formula is C15H22N2O2S. The topological polar surface area (TPSA) is 52.6 Å². The van der Waals surface area contributed by atoms with Crippen molar-refractivity contribution in [3.63, 3.8) is 0 Å². The Balaban J connectivity index is 2.10. The van der Waals surface area contributed by atoms with E-state index in [9.17, 15) is 9.90 Å². The van der Waals surface area contributed by atoms with Gasteiger partial charge in [0.15, 0.2) is 0 Å². The lowest BCUT2D eigenvalue weighted by Gasteiger charge is -2.16. The van der Waals surface area contributed by atoms with Crippen LogP contribution in [0.2, 0.25) is 0 Å². The lowest BCUT2D eigenvalue weighted by atomic mass is 10.1. The van der Waals surface area contributed by atoms with E-state index in [4.69, 9.17) is 0 Å². The minimum atomic E-state index is -0.854. The first-order valence-electron chi connectivity index (χ1n) is 7.03. The van der Waals surface area contributed by atoms with Gasteiger partial charge in [-0.3, -0.25) is 0 Å². The van der Waals surface area contributed by atoms with Crippen LogP contribution in [-0.2, 0) is 0 Å². The Bertz CT molecular complexity index is 479. The van der Waals surface area contributed by atoms with Gasteiger partial charge in [0.2, 0.25) is 0 Å². The van der Waals surface area contributed by atoms with Gasteiger partial charge in [0, 0.05) is 23.7 Å². The molecule has 2 rings (SSSR count). The molecule has 1 aromatic carbocycles. The molecule has 0 saturated carbocycles. The highest BCUT2D eigenvalue weighted by molar-refractivity contribution is 7.99. The third-order valence-corrected chi connectivity index (χ3v) is 4.55. The van der Waals surface area contributed by atoms with Crippen LogP contribution < -0.4 is 5.32 Å². The molecule has 1 aliphatic rings. The average molecular weight is 294 g/mol. The minimum Gasteiger partial charge on any atom is -0.478 e. The van der Waals surface area contributed by atoms with Crippen LogP contribution in [0.15, 0.2) is 23.1 Å². The van der Waals surface area contributed by atoms with Gasteiger partial charge in [-0.2, -0.15) is 0 Å². The molecule has 2 N–H and O–H groups in total. The summed E-state index contributed by atoms with van der Waals surface area (Å²) in [6.07, 6.45) is 1.18. The maximum Gasteiger partial charge on any atom is 0.338 e. The molecule has 1 saturated heterocycles. The van der Waals surface area contributed by atoms with E-state index in [0.29, 0.717) is 11.5 Å². The second kappa shape index (κ2) is 6.99. The fraction of sp³-hybridized carbons (Fsp3) is 0.533. The quantitative estimate of drug-likeness (QED) is 0.790. The first-order chi connectivity index (χ1) is 9.61. The zero-order chi connectivity index (χ0) is 14.5. The van der Waals surface area contributed by atoms with Gasteiger partial charge in [-0.1, -0.05) is 13.0 Å². The van der Waals surface area contributed by atoms with Gasteiger partial charge in [-0.05, 0) is 43.8 Å².